The van der Waals surface area contributed by atoms with Crippen molar-refractivity contribution < 1.29 is 14.3 Å². The van der Waals surface area contributed by atoms with Crippen molar-refractivity contribution in [3.63, 3.8) is 0 Å². The maximum absolute atomic E-state index is 12.3. The molecule has 1 saturated heterocycles. The van der Waals surface area contributed by atoms with Crippen molar-refractivity contribution in [1.82, 2.24) is 14.9 Å². The number of benzene rings is 2. The topological polar surface area (TPSA) is 103 Å². The predicted octanol–water partition coefficient (Wildman–Crippen LogP) is 5.33. The first-order chi connectivity index (χ1) is 16.3. The van der Waals surface area contributed by atoms with E-state index in [-0.39, 0.29) is 12.1 Å². The summed E-state index contributed by atoms with van der Waals surface area (Å²) in [6, 6.07) is 17.5. The molecule has 0 aliphatic carbocycles. The Hall–Kier alpha value is -3.81. The maximum Gasteiger partial charge on any atom is 0.410 e. The van der Waals surface area contributed by atoms with Crippen LogP contribution in [0.2, 0.25) is 0 Å². The first-order valence-electron chi connectivity index (χ1n) is 11.5. The van der Waals surface area contributed by atoms with Gasteiger partial charge in [-0.1, -0.05) is 30.3 Å². The molecule has 1 aliphatic heterocycles. The highest BCUT2D eigenvalue weighted by Gasteiger charge is 2.27. The minimum absolute atomic E-state index is 0.160. The van der Waals surface area contributed by atoms with Gasteiger partial charge in [0.1, 0.15) is 35.1 Å². The summed E-state index contributed by atoms with van der Waals surface area (Å²) in [5.41, 5.74) is 7.40. The quantitative estimate of drug-likeness (QED) is 0.529. The Morgan fingerprint density at radius 2 is 1.65 bits per heavy atom. The van der Waals surface area contributed by atoms with E-state index in [2.05, 4.69) is 15.3 Å². The summed E-state index contributed by atoms with van der Waals surface area (Å²) in [5, 5.41) is 3.51. The van der Waals surface area contributed by atoms with Crippen molar-refractivity contribution in [1.29, 1.82) is 0 Å². The van der Waals surface area contributed by atoms with Crippen molar-refractivity contribution >= 4 is 17.7 Å². The van der Waals surface area contributed by atoms with Crippen LogP contribution in [-0.2, 0) is 4.74 Å². The Morgan fingerprint density at radius 3 is 2.29 bits per heavy atom. The number of ether oxygens (including phenoxy) is 2. The van der Waals surface area contributed by atoms with Crippen LogP contribution in [0.15, 0.2) is 60.9 Å². The van der Waals surface area contributed by atoms with Gasteiger partial charge in [0, 0.05) is 19.1 Å². The number of anilines is 2. The third kappa shape index (κ3) is 5.95. The van der Waals surface area contributed by atoms with E-state index >= 15 is 0 Å². The highest BCUT2D eigenvalue weighted by atomic mass is 16.6. The lowest BCUT2D eigenvalue weighted by atomic mass is 10.0. The first-order valence-corrected chi connectivity index (χ1v) is 11.5. The van der Waals surface area contributed by atoms with Gasteiger partial charge in [0.25, 0.3) is 0 Å². The number of para-hydroxylation sites is 1. The fourth-order valence-corrected chi connectivity index (χ4v) is 3.83. The van der Waals surface area contributed by atoms with Crippen LogP contribution in [0.4, 0.5) is 16.4 Å². The average Bonchev–Trinajstić information content (AvgIpc) is 2.80. The Morgan fingerprint density at radius 1 is 1.00 bits per heavy atom. The van der Waals surface area contributed by atoms with E-state index in [9.17, 15) is 4.79 Å². The van der Waals surface area contributed by atoms with E-state index in [1.165, 1.54) is 6.33 Å². The molecule has 2 heterocycles. The zero-order valence-electron chi connectivity index (χ0n) is 19.8. The highest BCUT2D eigenvalue weighted by molar-refractivity contribution is 5.83. The summed E-state index contributed by atoms with van der Waals surface area (Å²) in [5.74, 6) is 2.59. The number of rotatable bonds is 5. The molecule has 8 nitrogen and oxygen atoms in total. The number of nitrogen functional groups attached to an aromatic ring is 1. The summed E-state index contributed by atoms with van der Waals surface area (Å²) in [7, 11) is 0. The van der Waals surface area contributed by atoms with Crippen molar-refractivity contribution in [2.24, 2.45) is 0 Å². The summed E-state index contributed by atoms with van der Waals surface area (Å²) < 4.78 is 11.4. The van der Waals surface area contributed by atoms with E-state index in [1.54, 1.807) is 4.90 Å². The molecule has 178 valence electrons. The molecule has 3 aromatic rings. The number of hydrogen-bond acceptors (Lipinski definition) is 7. The van der Waals surface area contributed by atoms with Crippen LogP contribution in [0.3, 0.4) is 0 Å². The molecule has 0 saturated carbocycles. The van der Waals surface area contributed by atoms with Crippen LogP contribution in [0, 0.1) is 0 Å². The van der Waals surface area contributed by atoms with Crippen molar-refractivity contribution in [3.05, 3.63) is 60.9 Å². The third-order valence-electron chi connectivity index (χ3n) is 5.49. The Kier molecular flexibility index (Phi) is 6.86. The van der Waals surface area contributed by atoms with E-state index in [4.69, 9.17) is 15.2 Å². The zero-order chi connectivity index (χ0) is 24.1. The number of nitrogens with zero attached hydrogens (tertiary/aromatic N) is 3. The van der Waals surface area contributed by atoms with Gasteiger partial charge in [0.15, 0.2) is 0 Å². The third-order valence-corrected chi connectivity index (χ3v) is 5.49. The normalized spacial score (nSPS) is 14.5. The Balaban J connectivity index is 1.43. The maximum atomic E-state index is 12.3. The van der Waals surface area contributed by atoms with E-state index in [1.807, 2.05) is 75.4 Å². The molecule has 2 aromatic carbocycles. The fourth-order valence-electron chi connectivity index (χ4n) is 3.83. The first kappa shape index (κ1) is 23.4. The molecule has 0 spiro atoms. The summed E-state index contributed by atoms with van der Waals surface area (Å²) in [6.07, 6.45) is 2.76. The SMILES string of the molecule is CC(C)(C)OC(=O)N1CCC(Nc2ncnc(N)c2-c2ccc(Oc3ccccc3)cc2)CC1. The molecular formula is C26H31N5O3. The average molecular weight is 462 g/mol. The number of hydrogen-bond donors (Lipinski definition) is 2. The minimum Gasteiger partial charge on any atom is -0.457 e. The molecule has 1 amide bonds. The van der Waals surface area contributed by atoms with Gasteiger partial charge in [-0.25, -0.2) is 14.8 Å². The summed E-state index contributed by atoms with van der Waals surface area (Å²) >= 11 is 0. The number of nitrogens with two attached hydrogens (primary N) is 1. The number of carbonyl (C=O) groups excluding carboxylic acids is 1. The molecule has 8 heteroatoms. The molecule has 0 unspecified atom stereocenters. The zero-order valence-corrected chi connectivity index (χ0v) is 19.8. The lowest BCUT2D eigenvalue weighted by Crippen LogP contribution is -2.44. The predicted molar refractivity (Wildman–Crippen MR) is 133 cm³/mol. The van der Waals surface area contributed by atoms with Crippen LogP contribution >= 0.6 is 0 Å². The van der Waals surface area contributed by atoms with E-state index in [0.29, 0.717) is 24.7 Å². The van der Waals surface area contributed by atoms with Crippen LogP contribution in [-0.4, -0.2) is 45.7 Å². The lowest BCUT2D eigenvalue weighted by molar-refractivity contribution is 0.0210. The second-order valence-corrected chi connectivity index (χ2v) is 9.31. The van der Waals surface area contributed by atoms with Crippen molar-refractivity contribution in [2.75, 3.05) is 24.1 Å². The van der Waals surface area contributed by atoms with Crippen LogP contribution in [0.5, 0.6) is 11.5 Å². The number of amides is 1. The fraction of sp³-hybridized carbons (Fsp3) is 0.346. The van der Waals surface area contributed by atoms with Gasteiger partial charge in [-0.05, 0) is 63.4 Å². The molecule has 34 heavy (non-hydrogen) atoms. The number of carbonyl (C=O) groups is 1. The largest absolute Gasteiger partial charge is 0.457 e. The number of piperidine rings is 1. The second-order valence-electron chi connectivity index (χ2n) is 9.31. The van der Waals surface area contributed by atoms with Crippen LogP contribution in [0.1, 0.15) is 33.6 Å². The molecular weight excluding hydrogens is 430 g/mol. The Bertz CT molecular complexity index is 1110. The van der Waals surface area contributed by atoms with E-state index < -0.39 is 5.60 Å². The standard InChI is InChI=1S/C26H31N5O3/c1-26(2,3)34-25(32)31-15-13-19(14-16-31)30-24-22(23(27)28-17-29-24)18-9-11-21(12-10-18)33-20-7-5-4-6-8-20/h4-12,17,19H,13-16H2,1-3H3,(H3,27,28,29,30). The molecule has 0 atom stereocenters. The molecule has 1 aromatic heterocycles. The number of aromatic nitrogens is 2. The summed E-state index contributed by atoms with van der Waals surface area (Å²) in [6.45, 7) is 6.86. The van der Waals surface area contributed by atoms with Crippen molar-refractivity contribution in [2.45, 2.75) is 45.3 Å². The van der Waals surface area contributed by atoms with Gasteiger partial charge < -0.3 is 25.4 Å². The summed E-state index contributed by atoms with van der Waals surface area (Å²) in [4.78, 5) is 22.8. The molecule has 0 bridgehead atoms. The highest BCUT2D eigenvalue weighted by Crippen LogP contribution is 2.33. The van der Waals surface area contributed by atoms with Gasteiger partial charge in [-0.3, -0.25) is 0 Å². The van der Waals surface area contributed by atoms with Gasteiger partial charge in [-0.2, -0.15) is 0 Å². The van der Waals surface area contributed by atoms with Gasteiger partial charge in [0.2, 0.25) is 0 Å². The molecule has 1 fully saturated rings. The smallest absolute Gasteiger partial charge is 0.410 e. The molecule has 3 N–H and O–H groups in total. The van der Waals surface area contributed by atoms with Gasteiger partial charge in [0.05, 0.1) is 5.56 Å². The minimum atomic E-state index is -0.499. The van der Waals surface area contributed by atoms with Crippen LogP contribution in [0.25, 0.3) is 11.1 Å². The Labute approximate surface area is 200 Å². The van der Waals surface area contributed by atoms with Gasteiger partial charge in [-0.15, -0.1) is 0 Å². The second kappa shape index (κ2) is 9.99. The van der Waals surface area contributed by atoms with Crippen molar-refractivity contribution in [3.8, 4) is 22.6 Å². The van der Waals surface area contributed by atoms with Crippen LogP contribution < -0.4 is 15.8 Å². The number of likely N-dealkylation sites (tertiary alicyclic amines) is 1. The van der Waals surface area contributed by atoms with E-state index in [0.717, 1.165) is 35.5 Å². The van der Waals surface area contributed by atoms with Gasteiger partial charge >= 0.3 is 6.09 Å². The molecule has 1 aliphatic rings. The number of nitrogens with one attached hydrogen (secondary N) is 1. The molecule has 4 rings (SSSR count). The lowest BCUT2D eigenvalue weighted by Gasteiger charge is -2.34. The monoisotopic (exact) mass is 461 g/mol. The molecule has 0 radical (unpaired) electrons.